The average Bonchev–Trinajstić information content (AvgIpc) is 1.39. The van der Waals surface area contributed by atoms with Gasteiger partial charge in [0, 0.05) is 0 Å². The SMILES string of the molecule is NC=[NH2+].NC=[NH2+].[Cl-].[Cl-]. The highest BCUT2D eigenvalue weighted by Crippen LogP contribution is 0.559. The summed E-state index contributed by atoms with van der Waals surface area (Å²) in [6.45, 7) is 0. The Morgan fingerprint density at radius 3 is 0.875 bits per heavy atom. The third kappa shape index (κ3) is 489. The van der Waals surface area contributed by atoms with Gasteiger partial charge in [-0.3, -0.25) is 22.3 Å². The molecule has 6 heteroatoms. The van der Waals surface area contributed by atoms with Gasteiger partial charge in [-0.25, -0.2) is 0 Å². The molecule has 0 fully saturated rings. The van der Waals surface area contributed by atoms with E-state index < -0.39 is 0 Å². The first-order chi connectivity index (χ1) is 2.83. The van der Waals surface area contributed by atoms with E-state index in [1.165, 1.54) is 0 Å². The van der Waals surface area contributed by atoms with E-state index in [1.807, 2.05) is 0 Å². The van der Waals surface area contributed by atoms with Crippen LogP contribution in [0.4, 0.5) is 0 Å². The third-order valence-electron chi connectivity index (χ3n) is 0. The minimum atomic E-state index is 0. The smallest absolute Gasteiger partial charge is 0.225 e. The van der Waals surface area contributed by atoms with Crippen molar-refractivity contribution in [3.8, 4) is 0 Å². The Kier molecular flexibility index (Phi) is 277. The lowest BCUT2D eigenvalue weighted by Crippen LogP contribution is -3.00. The van der Waals surface area contributed by atoms with Crippen molar-refractivity contribution in [3.63, 3.8) is 0 Å². The first-order valence-corrected chi connectivity index (χ1v) is 1.33. The van der Waals surface area contributed by atoms with Crippen LogP contribution in [-0.4, -0.2) is 12.7 Å². The van der Waals surface area contributed by atoms with Crippen molar-refractivity contribution in [1.82, 2.24) is 0 Å². The monoisotopic (exact) mass is 160 g/mol. The molecule has 8 N–H and O–H groups in total. The number of hydrogen-bond acceptors (Lipinski definition) is 0. The van der Waals surface area contributed by atoms with Crippen LogP contribution in [0.3, 0.4) is 0 Å². The van der Waals surface area contributed by atoms with Crippen LogP contribution in [0.25, 0.3) is 0 Å². The van der Waals surface area contributed by atoms with Gasteiger partial charge in [0.2, 0.25) is 12.7 Å². The summed E-state index contributed by atoms with van der Waals surface area (Å²) in [6, 6.07) is 0. The van der Waals surface area contributed by atoms with Crippen LogP contribution in [0, 0.1) is 0 Å². The van der Waals surface area contributed by atoms with Crippen molar-refractivity contribution in [2.24, 2.45) is 11.5 Å². The van der Waals surface area contributed by atoms with Crippen LogP contribution in [-0.2, 0) is 0 Å². The zero-order chi connectivity index (χ0) is 5.41. The van der Waals surface area contributed by atoms with Crippen LogP contribution in [0.1, 0.15) is 0 Å². The minimum Gasteiger partial charge on any atom is -1.00 e. The Balaban J connectivity index is -0.0000000160. The molecule has 0 aromatic heterocycles. The van der Waals surface area contributed by atoms with E-state index >= 15 is 0 Å². The molecule has 0 aliphatic carbocycles. The van der Waals surface area contributed by atoms with Gasteiger partial charge in [0.05, 0.1) is 0 Å². The zero-order valence-electron chi connectivity index (χ0n) is 4.22. The van der Waals surface area contributed by atoms with Gasteiger partial charge in [0.25, 0.3) is 0 Å². The molecule has 0 radical (unpaired) electrons. The number of hydrogen-bond donors (Lipinski definition) is 4. The fourth-order valence-electron chi connectivity index (χ4n) is 0. The zero-order valence-corrected chi connectivity index (χ0v) is 5.73. The lowest BCUT2D eigenvalue weighted by atomic mass is 11.4. The molecule has 0 saturated carbocycles. The topological polar surface area (TPSA) is 103 Å². The Hall–Kier alpha value is -0.480. The average molecular weight is 161 g/mol. The molecule has 0 rings (SSSR count). The molecule has 8 heavy (non-hydrogen) atoms. The summed E-state index contributed by atoms with van der Waals surface area (Å²) in [6.07, 6.45) is 2.00. The van der Waals surface area contributed by atoms with Gasteiger partial charge in [0.1, 0.15) is 0 Å². The fraction of sp³-hybridized carbons (Fsp3) is 0. The Morgan fingerprint density at radius 2 is 0.875 bits per heavy atom. The molecule has 0 aliphatic heterocycles. The maximum absolute atomic E-state index is 4.50. The van der Waals surface area contributed by atoms with Crippen LogP contribution < -0.4 is 47.1 Å². The lowest BCUT2D eigenvalue weighted by molar-refractivity contribution is -0.107. The summed E-state index contributed by atoms with van der Waals surface area (Å²) in [5.41, 5.74) is 9.00. The molecular weight excluding hydrogens is 151 g/mol. The first-order valence-electron chi connectivity index (χ1n) is 1.33. The maximum atomic E-state index is 4.50. The molecule has 0 bridgehead atoms. The first kappa shape index (κ1) is 25.8. The molecule has 0 heterocycles. The highest BCUT2D eigenvalue weighted by Gasteiger charge is 1.22. The molecule has 0 atom stereocenters. The molecular formula is C2H10Cl2N4. The van der Waals surface area contributed by atoms with E-state index in [9.17, 15) is 0 Å². The molecule has 0 aromatic rings. The molecule has 0 saturated heterocycles. The van der Waals surface area contributed by atoms with Crippen molar-refractivity contribution in [1.29, 1.82) is 0 Å². The van der Waals surface area contributed by atoms with Crippen molar-refractivity contribution < 1.29 is 35.6 Å². The Bertz CT molecular complexity index is 33.0. The van der Waals surface area contributed by atoms with Gasteiger partial charge in [0.15, 0.2) is 0 Å². The van der Waals surface area contributed by atoms with Gasteiger partial charge in [-0.2, -0.15) is 0 Å². The van der Waals surface area contributed by atoms with Gasteiger partial charge < -0.3 is 24.8 Å². The molecule has 4 nitrogen and oxygen atoms in total. The van der Waals surface area contributed by atoms with Crippen LogP contribution >= 0.6 is 0 Å². The predicted octanol–water partition coefficient (Wildman–Crippen LogP) is -10.5. The van der Waals surface area contributed by atoms with Crippen molar-refractivity contribution in [3.05, 3.63) is 0 Å². The van der Waals surface area contributed by atoms with Crippen LogP contribution in [0.5, 0.6) is 0 Å². The third-order valence-corrected chi connectivity index (χ3v) is 0. The minimum absolute atomic E-state index is 0. The quantitative estimate of drug-likeness (QED) is 0.209. The summed E-state index contributed by atoms with van der Waals surface area (Å²) >= 11 is 0. The van der Waals surface area contributed by atoms with E-state index in [4.69, 9.17) is 0 Å². The molecule has 0 aromatic carbocycles. The van der Waals surface area contributed by atoms with E-state index in [0.29, 0.717) is 0 Å². The van der Waals surface area contributed by atoms with Gasteiger partial charge in [-0.05, 0) is 0 Å². The van der Waals surface area contributed by atoms with Gasteiger partial charge in [-0.15, -0.1) is 0 Å². The van der Waals surface area contributed by atoms with E-state index in [1.54, 1.807) is 0 Å². The highest BCUT2D eigenvalue weighted by molar-refractivity contribution is 5.42. The van der Waals surface area contributed by atoms with Crippen LogP contribution in [0.15, 0.2) is 0 Å². The lowest BCUT2D eigenvalue weighted by Gasteiger charge is -1.29. The summed E-state index contributed by atoms with van der Waals surface area (Å²) in [5.74, 6) is 0. The largest absolute Gasteiger partial charge is 1.00 e. The number of rotatable bonds is 0. The summed E-state index contributed by atoms with van der Waals surface area (Å²) < 4.78 is 0. The van der Waals surface area contributed by atoms with Gasteiger partial charge in [-0.1, -0.05) is 0 Å². The fourth-order valence-corrected chi connectivity index (χ4v) is 0. The second-order valence-electron chi connectivity index (χ2n) is 0.385. The molecule has 52 valence electrons. The normalized spacial score (nSPS) is 3.00. The summed E-state index contributed by atoms with van der Waals surface area (Å²) in [7, 11) is 0. The van der Waals surface area contributed by atoms with Crippen molar-refractivity contribution in [2.75, 3.05) is 0 Å². The van der Waals surface area contributed by atoms with E-state index in [2.05, 4.69) is 22.3 Å². The second kappa shape index (κ2) is 86.0. The number of halogens is 2. The van der Waals surface area contributed by atoms with Gasteiger partial charge >= 0.3 is 0 Å². The predicted molar refractivity (Wildman–Crippen MR) is 24.4 cm³/mol. The summed E-state index contributed by atoms with van der Waals surface area (Å²) in [5, 5.41) is 9.00. The van der Waals surface area contributed by atoms with Crippen LogP contribution in [0.2, 0.25) is 0 Å². The Labute approximate surface area is 60.5 Å². The molecule has 0 aliphatic rings. The Morgan fingerprint density at radius 1 is 0.875 bits per heavy atom. The van der Waals surface area contributed by atoms with Crippen molar-refractivity contribution in [2.45, 2.75) is 0 Å². The molecule has 0 unspecified atom stereocenters. The molecule has 0 spiro atoms. The standard InChI is InChI=1S/2CH4N2.2ClH/c2*2-1-3;;/h2*1H,(H3,2,3);2*1H. The van der Waals surface area contributed by atoms with E-state index in [0.717, 1.165) is 12.7 Å². The highest BCUT2D eigenvalue weighted by atomic mass is 35.5. The van der Waals surface area contributed by atoms with Crippen molar-refractivity contribution >= 4 is 12.7 Å². The number of nitrogens with two attached hydrogens (primary N) is 4. The second-order valence-corrected chi connectivity index (χ2v) is 0.385. The summed E-state index contributed by atoms with van der Waals surface area (Å²) in [4.78, 5) is 0. The maximum Gasteiger partial charge on any atom is 0.225 e. The van der Waals surface area contributed by atoms with E-state index in [-0.39, 0.29) is 24.8 Å². The molecule has 0 amide bonds.